The molecule has 6 bridgehead atoms. The van der Waals surface area contributed by atoms with Crippen LogP contribution in [0.2, 0.25) is 0 Å². The van der Waals surface area contributed by atoms with Gasteiger partial charge in [-0.05, 0) is 167 Å². The summed E-state index contributed by atoms with van der Waals surface area (Å²) in [5, 5.41) is 0. The van der Waals surface area contributed by atoms with E-state index in [1.807, 2.05) is 27.7 Å². The molecule has 27 nitrogen and oxygen atoms in total. The average Bonchev–Trinajstić information content (AvgIpc) is 1.56. The minimum Gasteiger partial charge on any atom is -0.540 e. The number of aryl methyl sites for hydroxylation is 3. The fraction of sp³-hybridized carbons (Fsp3) is 0.667. The first kappa shape index (κ1) is 109. The molecule has 3 aromatic heterocycles. The maximum atomic E-state index is 14.7. The molecule has 3 radical (unpaired) electrons. The van der Waals surface area contributed by atoms with E-state index in [0.717, 1.165) is 111 Å². The van der Waals surface area contributed by atoms with Gasteiger partial charge in [0.1, 0.15) is 70.5 Å². The number of hydrogen-bond donors (Lipinski definition) is 0. The molecular weight excluding hydrogens is 1910 g/mol. The molecule has 7 fully saturated rings. The van der Waals surface area contributed by atoms with Gasteiger partial charge in [-0.2, -0.15) is 26.3 Å². The van der Waals surface area contributed by atoms with Crippen LogP contribution in [-0.2, 0) is 132 Å². The summed E-state index contributed by atoms with van der Waals surface area (Å²) in [5.41, 5.74) is 1.85. The van der Waals surface area contributed by atoms with Gasteiger partial charge in [-0.3, -0.25) is 28.8 Å². The molecule has 6 aliphatic heterocycles. The van der Waals surface area contributed by atoms with Crippen molar-refractivity contribution < 1.29 is 177 Å². The van der Waals surface area contributed by atoms with Gasteiger partial charge in [0.15, 0.2) is 0 Å². The van der Waals surface area contributed by atoms with Crippen LogP contribution in [0, 0.1) is 81.3 Å². The molecule has 3 amide bonds. The molecule has 4 aliphatic carbocycles. The van der Waals surface area contributed by atoms with Crippen LogP contribution in [0.1, 0.15) is 221 Å². The first-order valence-corrected chi connectivity index (χ1v) is 47.0. The number of fused-ring (bicyclic) bond motifs is 17. The number of ether oxygens (including phenoxy) is 9. The summed E-state index contributed by atoms with van der Waals surface area (Å²) < 4.78 is 165. The monoisotopic (exact) mass is 2030 g/mol. The van der Waals surface area contributed by atoms with Gasteiger partial charge in [0.05, 0.1) is 117 Å². The van der Waals surface area contributed by atoms with E-state index < -0.39 is 161 Å². The molecule has 9 heterocycles. The normalized spacial score (nSPS) is 29.7. The maximum Gasteiger partial charge on any atom is 0.389 e. The largest absolute Gasteiger partial charge is 0.540 e. The van der Waals surface area contributed by atoms with Crippen molar-refractivity contribution in [3.8, 4) is 34.9 Å². The number of carbonyl (C=O) groups is 6. The number of aromatic nitrogens is 6. The van der Waals surface area contributed by atoms with Crippen LogP contribution in [0.5, 0.6) is 34.9 Å². The average molecular weight is 2030 g/mol. The van der Waals surface area contributed by atoms with E-state index in [9.17, 15) is 78.3 Å². The van der Waals surface area contributed by atoms with Crippen LogP contribution in [-0.4, -0.2) is 213 Å². The molecule has 6 aromatic rings. The number of esters is 3. The van der Waals surface area contributed by atoms with Crippen molar-refractivity contribution in [1.29, 1.82) is 0 Å². The van der Waals surface area contributed by atoms with E-state index in [0.29, 0.717) is 104 Å². The van der Waals surface area contributed by atoms with Crippen LogP contribution < -0.4 is 28.4 Å². The molecule has 10 aliphatic rings. The summed E-state index contributed by atoms with van der Waals surface area (Å²) >= 11 is 0. The van der Waals surface area contributed by atoms with Gasteiger partial charge in [-0.15, -0.1) is 0 Å². The number of rotatable bonds is 9. The van der Waals surface area contributed by atoms with Crippen molar-refractivity contribution in [2.24, 2.45) is 81.3 Å². The molecule has 4 saturated carbocycles. The van der Waals surface area contributed by atoms with Gasteiger partial charge in [0.2, 0.25) is 41.8 Å². The van der Waals surface area contributed by atoms with E-state index in [-0.39, 0.29) is 136 Å². The molecule has 38 heteroatoms. The summed E-state index contributed by atoms with van der Waals surface area (Å²) in [6.07, 6.45) is 0.741. The van der Waals surface area contributed by atoms with Crippen molar-refractivity contribution in [2.45, 2.75) is 296 Å². The third-order valence-electron chi connectivity index (χ3n) is 28.9. The Kier molecular flexibility index (Phi) is 35.6. The Morgan fingerprint density at radius 1 is 0.423 bits per heavy atom. The van der Waals surface area contributed by atoms with Crippen molar-refractivity contribution >= 4 is 87.6 Å². The van der Waals surface area contributed by atoms with Crippen molar-refractivity contribution in [3.05, 3.63) is 71.7 Å². The van der Waals surface area contributed by atoms with E-state index in [1.54, 1.807) is 115 Å². The first-order valence-electron chi connectivity index (χ1n) is 47.0. The third-order valence-corrected chi connectivity index (χ3v) is 28.9. The van der Waals surface area contributed by atoms with Crippen LogP contribution in [0.25, 0.3) is 33.1 Å². The summed E-state index contributed by atoms with van der Waals surface area (Å²) in [7, 11) is 4.56. The van der Waals surface area contributed by atoms with E-state index >= 15 is 0 Å². The second-order valence-electron chi connectivity index (χ2n) is 41.5. The molecular formula is C99H122F8N9O18V3-3. The number of alkyl halides is 8. The summed E-state index contributed by atoms with van der Waals surface area (Å²) in [6, 6.07) is 11.0. The third kappa shape index (κ3) is 26.3. The van der Waals surface area contributed by atoms with Gasteiger partial charge in [0.25, 0.3) is 0 Å². The zero-order valence-electron chi connectivity index (χ0n) is 79.6. The number of nitrogens with zero attached hydrogens (tertiary/aromatic N) is 9. The quantitative estimate of drug-likeness (QED) is 0.0562. The predicted molar refractivity (Wildman–Crippen MR) is 472 cm³/mol. The molecule has 2 unspecified atom stereocenters. The molecule has 0 spiro atoms. The fourth-order valence-corrected chi connectivity index (χ4v) is 20.8. The van der Waals surface area contributed by atoms with Gasteiger partial charge >= 0.3 is 30.3 Å². The van der Waals surface area contributed by atoms with E-state index in [4.69, 9.17) is 57.6 Å². The fourth-order valence-electron chi connectivity index (χ4n) is 20.8. The Morgan fingerprint density at radius 2 is 0.788 bits per heavy atom. The maximum absolute atomic E-state index is 14.7. The van der Waals surface area contributed by atoms with Crippen molar-refractivity contribution in [1.82, 2.24) is 44.6 Å². The van der Waals surface area contributed by atoms with Crippen LogP contribution in [0.15, 0.2) is 54.6 Å². The smallest absolute Gasteiger partial charge is 0.389 e. The Labute approximate surface area is 828 Å². The molecule has 745 valence electrons. The van der Waals surface area contributed by atoms with Crippen LogP contribution in [0.3, 0.4) is 0 Å². The zero-order valence-corrected chi connectivity index (χ0v) is 83.8. The SMILES string of the molecule is COc1ccc2nc3c(nc2c1)O[C@H]1CN(C(=O)[C@H](C(C)(C)C)CC(=O)O[C@@H]2CC4CC4[C@H]2CCCCC3)[C@H]([C-]=O)[C@@H]1C(F)F.COc1ccc2nc3c(nc2c1)O[C@H]1CN(C(=O)[C@H](C(C)(C)C)CC(=O)O[C@@H]2C[C@H]2CCCCC3)[C@H]([C-]=O)[C@@H]1CC(F)(F)F.COc1ccc2nc3c(nc2c1)O[C@H]1CN(C(=O)[C@H](C(C)(C)C)CC(=O)O[C@]2(C)C[C@H]2CCCCC3)[C@H]([C-]=O)[C@@H]1CC(F)(F)F.[V].[V].[V]. The van der Waals surface area contributed by atoms with E-state index in [1.165, 1.54) is 27.8 Å². The van der Waals surface area contributed by atoms with Crippen LogP contribution >= 0.6 is 0 Å². The Bertz CT molecular complexity index is 5320. The van der Waals surface area contributed by atoms with Crippen LogP contribution in [0.4, 0.5) is 35.1 Å². The Hall–Kier alpha value is -8.50. The minimum absolute atomic E-state index is 0. The number of carbonyl (C=O) groups excluding carboxylic acids is 9. The second kappa shape index (κ2) is 44.8. The molecule has 3 saturated heterocycles. The van der Waals surface area contributed by atoms with Gasteiger partial charge in [-0.25, -0.2) is 57.5 Å². The predicted octanol–water partition coefficient (Wildman–Crippen LogP) is 16.5. The van der Waals surface area contributed by atoms with Gasteiger partial charge < -0.3 is 71.7 Å². The summed E-state index contributed by atoms with van der Waals surface area (Å²) in [4.78, 5) is 150. The standard InChI is InChI=1S/C34H42F2N3O6.C33H41F3N3O6.C32H39F3N3O6.3V/c1-34(2,3)22-15-29(41)44-27-13-18-12-21(18)20(27)8-6-5-7-9-24-32(38-25-14-19(43-4)10-11-23(25)37-24)45-28-16-39(33(22)42)26(17-40)30(28)31(35)36;1-31(2,3)22-14-28(41)45-32(4)15-19(32)9-7-6-8-10-24-29(38-25-13-20(43-5)11-12-23(25)37-24)44-27-17-39(30(22)42)26(18-40)21(27)16-33(34,35)36;1-31(2,3)21-14-28(40)43-26-12-18(26)8-6-5-7-9-23-29(37-24-13-19(42-4)10-11-22(24)36-23)44-27-16-38(30(21)41)25(17-39)20(27)15-32(33,34)35;;;/h10-11,14,18,20-22,26-28,30-31H,5-9,12-13,15-16H2,1-4H3;11-13,19,21-22,26-27H,6-10,14-17H2,1-5H3;10-11,13,18,20-21,25-27H,5-9,12,14-16H2,1-4H3;;;/q3*-1;;;/t18?,20-,21?,22-,26-,27-,28+,30+;19-,21+,22-,26-,27+,32-;18-,20+,21-,25-,26-,27+;;;/m111.../s1. The van der Waals surface area contributed by atoms with Crippen molar-refractivity contribution in [3.63, 3.8) is 0 Å². The van der Waals surface area contributed by atoms with E-state index in [2.05, 4.69) is 15.0 Å². The number of benzene rings is 3. The number of hydrogen-bond acceptors (Lipinski definition) is 24. The topological polar surface area (TPSA) is 324 Å². The molecule has 16 rings (SSSR count). The molecule has 3 aromatic carbocycles. The second-order valence-corrected chi connectivity index (χ2v) is 41.5. The van der Waals surface area contributed by atoms with Crippen molar-refractivity contribution in [2.75, 3.05) is 41.0 Å². The zero-order chi connectivity index (χ0) is 96.6. The van der Waals surface area contributed by atoms with Gasteiger partial charge in [-0.1, -0.05) is 119 Å². The number of halogens is 8. The Balaban J connectivity index is 0.000000195. The molecule has 20 atom stereocenters. The summed E-state index contributed by atoms with van der Waals surface area (Å²) in [5.74, 6) is -6.78. The number of amides is 3. The first-order chi connectivity index (χ1) is 63.4. The number of methoxy groups -OCH3 is 3. The minimum atomic E-state index is -4.65. The Morgan fingerprint density at radius 3 is 1.18 bits per heavy atom. The van der Waals surface area contributed by atoms with Gasteiger partial charge in [0, 0.05) is 104 Å². The summed E-state index contributed by atoms with van der Waals surface area (Å²) in [6.45, 7) is 17.1. The molecule has 137 heavy (non-hydrogen) atoms. The molecule has 0 N–H and O–H groups in total.